The van der Waals surface area contributed by atoms with Crippen molar-refractivity contribution in [3.63, 3.8) is 0 Å². The molecule has 0 aromatic heterocycles. The first-order valence-electron chi connectivity index (χ1n) is 6.24. The maximum absolute atomic E-state index is 12.7. The lowest BCUT2D eigenvalue weighted by molar-refractivity contribution is 0.322. The molecule has 1 aliphatic heterocycles. The number of hydrogen-bond donors (Lipinski definition) is 1. The Morgan fingerprint density at radius 2 is 2.00 bits per heavy atom. The second kappa shape index (κ2) is 5.44. The Morgan fingerprint density at radius 1 is 1.25 bits per heavy atom. The predicted molar refractivity (Wildman–Crippen MR) is 65.0 cm³/mol. The lowest BCUT2D eigenvalue weighted by Gasteiger charge is -2.28. The summed E-state index contributed by atoms with van der Waals surface area (Å²) in [6.07, 6.45) is 6.13. The van der Waals surface area contributed by atoms with Crippen molar-refractivity contribution in [1.82, 2.24) is 5.32 Å². The second-order valence-electron chi connectivity index (χ2n) is 4.86. The topological polar surface area (TPSA) is 12.0 Å². The molecule has 1 heterocycles. The Morgan fingerprint density at radius 3 is 2.69 bits per heavy atom. The molecule has 1 fully saturated rings. The summed E-state index contributed by atoms with van der Waals surface area (Å²) in [7, 11) is 0. The van der Waals surface area contributed by atoms with Crippen LogP contribution in [0.25, 0.3) is 0 Å². The molecule has 0 spiro atoms. The number of rotatable bonds is 3. The molecule has 0 saturated carbocycles. The van der Waals surface area contributed by atoms with Gasteiger partial charge in [0.25, 0.3) is 0 Å². The molecule has 0 radical (unpaired) electrons. The number of benzene rings is 1. The van der Waals surface area contributed by atoms with Gasteiger partial charge in [0.15, 0.2) is 0 Å². The minimum atomic E-state index is -0.145. The summed E-state index contributed by atoms with van der Waals surface area (Å²) >= 11 is 0. The third-order valence-corrected chi connectivity index (χ3v) is 3.40. The molecular formula is C14H20FN. The van der Waals surface area contributed by atoms with Gasteiger partial charge in [-0.25, -0.2) is 4.39 Å². The molecule has 16 heavy (non-hydrogen) atoms. The number of aryl methyl sites for hydroxylation is 1. The van der Waals surface area contributed by atoms with Crippen LogP contribution < -0.4 is 5.32 Å². The van der Waals surface area contributed by atoms with E-state index in [1.165, 1.54) is 24.8 Å². The molecule has 2 unspecified atom stereocenters. The van der Waals surface area contributed by atoms with E-state index in [4.69, 9.17) is 0 Å². The molecule has 2 atom stereocenters. The van der Waals surface area contributed by atoms with Crippen LogP contribution in [-0.2, 0) is 6.42 Å². The number of nitrogens with one attached hydrogen (secondary N) is 1. The zero-order chi connectivity index (χ0) is 11.4. The van der Waals surface area contributed by atoms with E-state index in [-0.39, 0.29) is 5.82 Å². The third kappa shape index (κ3) is 3.31. The normalized spacial score (nSPS) is 25.6. The van der Waals surface area contributed by atoms with E-state index in [1.54, 1.807) is 12.1 Å². The van der Waals surface area contributed by atoms with Crippen LogP contribution in [0.5, 0.6) is 0 Å². The van der Waals surface area contributed by atoms with E-state index in [2.05, 4.69) is 12.2 Å². The molecule has 1 aromatic carbocycles. The first-order chi connectivity index (χ1) is 7.74. The van der Waals surface area contributed by atoms with Crippen LogP contribution in [0.2, 0.25) is 0 Å². The van der Waals surface area contributed by atoms with Gasteiger partial charge in [0, 0.05) is 12.1 Å². The van der Waals surface area contributed by atoms with E-state index < -0.39 is 0 Å². The minimum absolute atomic E-state index is 0.145. The molecule has 2 rings (SSSR count). The summed E-state index contributed by atoms with van der Waals surface area (Å²) in [6.45, 7) is 2.25. The molecule has 2 heteroatoms. The molecule has 0 bridgehead atoms. The van der Waals surface area contributed by atoms with Crippen LogP contribution in [0.3, 0.4) is 0 Å². The van der Waals surface area contributed by atoms with Crippen molar-refractivity contribution in [2.75, 3.05) is 0 Å². The van der Waals surface area contributed by atoms with Gasteiger partial charge in [0.05, 0.1) is 0 Å². The Kier molecular flexibility index (Phi) is 3.94. The standard InChI is InChI=1S/C14H20FN/c1-11-3-2-4-14(16-11)10-7-12-5-8-13(15)9-6-12/h5-6,8-9,11,14,16H,2-4,7,10H2,1H3. The van der Waals surface area contributed by atoms with E-state index in [0.717, 1.165) is 12.8 Å². The van der Waals surface area contributed by atoms with Crippen LogP contribution in [0, 0.1) is 5.82 Å². The van der Waals surface area contributed by atoms with Gasteiger partial charge >= 0.3 is 0 Å². The highest BCUT2D eigenvalue weighted by atomic mass is 19.1. The largest absolute Gasteiger partial charge is 0.311 e. The van der Waals surface area contributed by atoms with Crippen molar-refractivity contribution in [3.8, 4) is 0 Å². The first kappa shape index (κ1) is 11.6. The fourth-order valence-corrected chi connectivity index (χ4v) is 2.46. The van der Waals surface area contributed by atoms with Crippen molar-refractivity contribution >= 4 is 0 Å². The SMILES string of the molecule is CC1CCCC(CCc2ccc(F)cc2)N1. The maximum Gasteiger partial charge on any atom is 0.123 e. The van der Waals surface area contributed by atoms with E-state index in [1.807, 2.05) is 12.1 Å². The maximum atomic E-state index is 12.7. The number of halogens is 1. The van der Waals surface area contributed by atoms with Gasteiger partial charge < -0.3 is 5.32 Å². The molecule has 0 aliphatic carbocycles. The first-order valence-corrected chi connectivity index (χ1v) is 6.24. The summed E-state index contributed by atoms with van der Waals surface area (Å²) in [5.74, 6) is -0.145. The van der Waals surface area contributed by atoms with Crippen LogP contribution in [0.4, 0.5) is 4.39 Å². The molecule has 0 amide bonds. The summed E-state index contributed by atoms with van der Waals surface area (Å²) < 4.78 is 12.7. The highest BCUT2D eigenvalue weighted by Crippen LogP contribution is 2.16. The summed E-state index contributed by atoms with van der Waals surface area (Å²) in [5, 5.41) is 3.62. The zero-order valence-electron chi connectivity index (χ0n) is 9.88. The summed E-state index contributed by atoms with van der Waals surface area (Å²) in [6, 6.07) is 8.18. The Labute approximate surface area is 97.1 Å². The molecule has 1 nitrogen and oxygen atoms in total. The van der Waals surface area contributed by atoms with E-state index in [0.29, 0.717) is 12.1 Å². The molecule has 88 valence electrons. The quantitative estimate of drug-likeness (QED) is 0.826. The molecule has 1 aromatic rings. The molecular weight excluding hydrogens is 201 g/mol. The number of piperidine rings is 1. The number of hydrogen-bond acceptors (Lipinski definition) is 1. The lowest BCUT2D eigenvalue weighted by atomic mass is 9.95. The van der Waals surface area contributed by atoms with Crippen molar-refractivity contribution in [1.29, 1.82) is 0 Å². The monoisotopic (exact) mass is 221 g/mol. The van der Waals surface area contributed by atoms with Crippen LogP contribution in [0.1, 0.15) is 38.2 Å². The van der Waals surface area contributed by atoms with Crippen molar-refractivity contribution < 1.29 is 4.39 Å². The van der Waals surface area contributed by atoms with E-state index >= 15 is 0 Å². The van der Waals surface area contributed by atoms with Gasteiger partial charge in [0.1, 0.15) is 5.82 Å². The molecule has 1 N–H and O–H groups in total. The summed E-state index contributed by atoms with van der Waals surface area (Å²) in [4.78, 5) is 0. The van der Waals surface area contributed by atoms with Crippen molar-refractivity contribution in [2.45, 2.75) is 51.1 Å². The highest BCUT2D eigenvalue weighted by Gasteiger charge is 2.16. The van der Waals surface area contributed by atoms with Gasteiger partial charge in [-0.3, -0.25) is 0 Å². The minimum Gasteiger partial charge on any atom is -0.311 e. The Bertz CT molecular complexity index is 320. The van der Waals surface area contributed by atoms with Crippen LogP contribution in [0.15, 0.2) is 24.3 Å². The van der Waals surface area contributed by atoms with E-state index in [9.17, 15) is 4.39 Å². The average Bonchev–Trinajstić information content (AvgIpc) is 2.28. The second-order valence-corrected chi connectivity index (χ2v) is 4.86. The van der Waals surface area contributed by atoms with Crippen molar-refractivity contribution in [3.05, 3.63) is 35.6 Å². The van der Waals surface area contributed by atoms with Gasteiger partial charge in [-0.05, 0) is 50.3 Å². The molecule has 1 aliphatic rings. The van der Waals surface area contributed by atoms with Crippen LogP contribution in [-0.4, -0.2) is 12.1 Å². The summed E-state index contributed by atoms with van der Waals surface area (Å²) in [5.41, 5.74) is 1.24. The van der Waals surface area contributed by atoms with Gasteiger partial charge in [-0.15, -0.1) is 0 Å². The predicted octanol–water partition coefficient (Wildman–Crippen LogP) is 3.29. The lowest BCUT2D eigenvalue weighted by Crippen LogP contribution is -2.40. The smallest absolute Gasteiger partial charge is 0.123 e. The van der Waals surface area contributed by atoms with Crippen molar-refractivity contribution in [2.24, 2.45) is 0 Å². The third-order valence-electron chi connectivity index (χ3n) is 3.40. The Hall–Kier alpha value is -0.890. The highest BCUT2D eigenvalue weighted by molar-refractivity contribution is 5.16. The van der Waals surface area contributed by atoms with Gasteiger partial charge in [0.2, 0.25) is 0 Å². The fourth-order valence-electron chi connectivity index (χ4n) is 2.46. The van der Waals surface area contributed by atoms with Gasteiger partial charge in [-0.2, -0.15) is 0 Å². The van der Waals surface area contributed by atoms with Crippen LogP contribution >= 0.6 is 0 Å². The fraction of sp³-hybridized carbons (Fsp3) is 0.571. The zero-order valence-corrected chi connectivity index (χ0v) is 9.88. The molecule has 1 saturated heterocycles. The van der Waals surface area contributed by atoms with Gasteiger partial charge in [-0.1, -0.05) is 18.6 Å². The average molecular weight is 221 g/mol. The Balaban J connectivity index is 1.80.